The van der Waals surface area contributed by atoms with E-state index in [1.54, 1.807) is 23.7 Å². The molecule has 13 heavy (non-hydrogen) atoms. The maximum absolute atomic E-state index is 11.3. The highest BCUT2D eigenvalue weighted by Crippen LogP contribution is 2.25. The van der Waals surface area contributed by atoms with E-state index in [-0.39, 0.29) is 0 Å². The van der Waals surface area contributed by atoms with Gasteiger partial charge >= 0.3 is 0 Å². The highest BCUT2D eigenvalue weighted by atomic mass is 32.2. The van der Waals surface area contributed by atoms with Crippen LogP contribution in [0.3, 0.4) is 0 Å². The fourth-order valence-electron chi connectivity index (χ4n) is 1.15. The van der Waals surface area contributed by atoms with Crippen LogP contribution < -0.4 is 0 Å². The van der Waals surface area contributed by atoms with Gasteiger partial charge in [-0.05, 0) is 12.1 Å². The first-order chi connectivity index (χ1) is 6.09. The van der Waals surface area contributed by atoms with Gasteiger partial charge in [-0.1, -0.05) is 6.07 Å². The number of sulfone groups is 1. The molecule has 0 amide bonds. The molecule has 0 saturated heterocycles. The van der Waals surface area contributed by atoms with Crippen LogP contribution >= 0.6 is 11.3 Å². The topological polar surface area (TPSA) is 47.0 Å². The van der Waals surface area contributed by atoms with Crippen molar-refractivity contribution in [2.24, 2.45) is 0 Å². The molecule has 0 bridgehead atoms. The van der Waals surface area contributed by atoms with Crippen molar-refractivity contribution in [2.45, 2.75) is 4.90 Å². The number of fused-ring (bicyclic) bond motifs is 1. The fourth-order valence-corrected chi connectivity index (χ4v) is 3.22. The molecule has 1 heterocycles. The predicted molar refractivity (Wildman–Crippen MR) is 52.7 cm³/mol. The van der Waals surface area contributed by atoms with Crippen LogP contribution in [0.25, 0.3) is 10.2 Å². The Morgan fingerprint density at radius 3 is 2.85 bits per heavy atom. The summed E-state index contributed by atoms with van der Waals surface area (Å²) in [5, 5.41) is 0. The zero-order chi connectivity index (χ0) is 9.47. The van der Waals surface area contributed by atoms with E-state index >= 15 is 0 Å². The minimum atomic E-state index is -3.13. The van der Waals surface area contributed by atoms with E-state index in [0.717, 1.165) is 10.2 Å². The summed E-state index contributed by atoms with van der Waals surface area (Å²) in [6.07, 6.45) is 1.21. The number of aromatic nitrogens is 1. The maximum atomic E-state index is 11.3. The molecule has 5 heteroatoms. The van der Waals surface area contributed by atoms with E-state index in [1.165, 1.54) is 17.6 Å². The molecule has 1 aromatic carbocycles. The summed E-state index contributed by atoms with van der Waals surface area (Å²) in [5.41, 5.74) is 2.40. The number of thiazole rings is 1. The lowest BCUT2D eigenvalue weighted by atomic mass is 10.3. The molecule has 0 fully saturated rings. The molecular formula is C8H7NO2S2. The normalized spacial score (nSPS) is 12.1. The van der Waals surface area contributed by atoms with Gasteiger partial charge in [0.15, 0.2) is 9.84 Å². The lowest BCUT2D eigenvalue weighted by molar-refractivity contribution is 0.603. The molecule has 0 aliphatic rings. The summed E-state index contributed by atoms with van der Waals surface area (Å²) in [6.45, 7) is 0. The molecule has 0 spiro atoms. The van der Waals surface area contributed by atoms with Crippen LogP contribution in [-0.4, -0.2) is 19.7 Å². The van der Waals surface area contributed by atoms with Gasteiger partial charge in [-0.2, -0.15) is 0 Å². The number of hydrogen-bond donors (Lipinski definition) is 0. The molecule has 68 valence electrons. The third-order valence-corrected chi connectivity index (χ3v) is 3.86. The molecule has 2 rings (SSSR count). The SMILES string of the molecule is CS(=O)(=O)c1cccc2ncsc12. The third kappa shape index (κ3) is 1.45. The van der Waals surface area contributed by atoms with Crippen molar-refractivity contribution < 1.29 is 8.42 Å². The molecule has 1 aromatic heterocycles. The molecule has 0 aliphatic carbocycles. The molecule has 0 aliphatic heterocycles. The second kappa shape index (κ2) is 2.78. The Morgan fingerprint density at radius 2 is 2.15 bits per heavy atom. The van der Waals surface area contributed by atoms with Crippen LogP contribution in [-0.2, 0) is 9.84 Å². The van der Waals surface area contributed by atoms with E-state index in [2.05, 4.69) is 4.98 Å². The largest absolute Gasteiger partial charge is 0.245 e. The maximum Gasteiger partial charge on any atom is 0.176 e. The minimum Gasteiger partial charge on any atom is -0.245 e. The van der Waals surface area contributed by atoms with E-state index < -0.39 is 9.84 Å². The highest BCUT2D eigenvalue weighted by Gasteiger charge is 2.12. The summed E-state index contributed by atoms with van der Waals surface area (Å²) in [4.78, 5) is 4.42. The van der Waals surface area contributed by atoms with E-state index in [9.17, 15) is 8.42 Å². The summed E-state index contributed by atoms with van der Waals surface area (Å²) in [6, 6.07) is 5.12. The Morgan fingerprint density at radius 1 is 1.38 bits per heavy atom. The lowest BCUT2D eigenvalue weighted by Crippen LogP contribution is -1.96. The average molecular weight is 213 g/mol. The Labute approximate surface area is 80.0 Å². The number of nitrogens with zero attached hydrogens (tertiary/aromatic N) is 1. The van der Waals surface area contributed by atoms with Gasteiger partial charge in [-0.15, -0.1) is 11.3 Å². The lowest BCUT2D eigenvalue weighted by Gasteiger charge is -1.97. The van der Waals surface area contributed by atoms with E-state index in [0.29, 0.717) is 4.90 Å². The van der Waals surface area contributed by atoms with Crippen LogP contribution in [0.2, 0.25) is 0 Å². The number of benzene rings is 1. The Bertz CT molecular complexity index is 542. The Kier molecular flexibility index (Phi) is 1.85. The monoisotopic (exact) mass is 213 g/mol. The van der Waals surface area contributed by atoms with Crippen molar-refractivity contribution in [3.63, 3.8) is 0 Å². The first-order valence-electron chi connectivity index (χ1n) is 3.61. The van der Waals surface area contributed by atoms with Crippen molar-refractivity contribution in [1.82, 2.24) is 4.98 Å². The van der Waals surface area contributed by atoms with E-state index in [4.69, 9.17) is 0 Å². The second-order valence-corrected chi connectivity index (χ2v) is 5.57. The summed E-state index contributed by atoms with van der Waals surface area (Å²) in [5.74, 6) is 0. The van der Waals surface area contributed by atoms with Crippen molar-refractivity contribution in [1.29, 1.82) is 0 Å². The number of hydrogen-bond acceptors (Lipinski definition) is 4. The van der Waals surface area contributed by atoms with Crippen LogP contribution in [0, 0.1) is 0 Å². The van der Waals surface area contributed by atoms with Crippen molar-refractivity contribution in [2.75, 3.05) is 6.26 Å². The van der Waals surface area contributed by atoms with Crippen LogP contribution in [0.5, 0.6) is 0 Å². The van der Waals surface area contributed by atoms with Gasteiger partial charge in [0.25, 0.3) is 0 Å². The molecule has 0 atom stereocenters. The van der Waals surface area contributed by atoms with Crippen LogP contribution in [0.4, 0.5) is 0 Å². The first-order valence-corrected chi connectivity index (χ1v) is 6.38. The van der Waals surface area contributed by atoms with Crippen LogP contribution in [0.1, 0.15) is 0 Å². The number of rotatable bonds is 1. The smallest absolute Gasteiger partial charge is 0.176 e. The third-order valence-electron chi connectivity index (χ3n) is 1.72. The Balaban J connectivity index is 2.91. The van der Waals surface area contributed by atoms with Gasteiger partial charge in [0.2, 0.25) is 0 Å². The summed E-state index contributed by atoms with van der Waals surface area (Å²) in [7, 11) is -3.13. The van der Waals surface area contributed by atoms with Gasteiger partial charge in [-0.25, -0.2) is 13.4 Å². The molecule has 3 nitrogen and oxygen atoms in total. The van der Waals surface area contributed by atoms with Gasteiger partial charge in [0.1, 0.15) is 0 Å². The molecule has 0 saturated carbocycles. The molecule has 0 N–H and O–H groups in total. The van der Waals surface area contributed by atoms with Crippen molar-refractivity contribution in [3.8, 4) is 0 Å². The summed E-state index contributed by atoms with van der Waals surface area (Å²) >= 11 is 1.35. The van der Waals surface area contributed by atoms with Gasteiger partial charge in [0.05, 0.1) is 20.6 Å². The van der Waals surface area contributed by atoms with Crippen LogP contribution in [0.15, 0.2) is 28.6 Å². The van der Waals surface area contributed by atoms with Crippen molar-refractivity contribution >= 4 is 31.4 Å². The van der Waals surface area contributed by atoms with Gasteiger partial charge in [0, 0.05) is 6.26 Å². The second-order valence-electron chi connectivity index (χ2n) is 2.73. The first kappa shape index (κ1) is 8.65. The van der Waals surface area contributed by atoms with E-state index in [1.807, 2.05) is 0 Å². The molecule has 2 aromatic rings. The highest BCUT2D eigenvalue weighted by molar-refractivity contribution is 7.91. The molecule has 0 radical (unpaired) electrons. The zero-order valence-corrected chi connectivity index (χ0v) is 8.52. The quantitative estimate of drug-likeness (QED) is 0.724. The summed E-state index contributed by atoms with van der Waals surface area (Å²) < 4.78 is 23.4. The van der Waals surface area contributed by atoms with Gasteiger partial charge in [-0.3, -0.25) is 0 Å². The standard InChI is InChI=1S/C8H7NO2S2/c1-13(10,11)7-4-2-3-6-8(7)12-5-9-6/h2-5H,1H3. The molecular weight excluding hydrogens is 206 g/mol. The van der Waals surface area contributed by atoms with Gasteiger partial charge < -0.3 is 0 Å². The molecule has 0 unspecified atom stereocenters. The Hall–Kier alpha value is -0.940. The average Bonchev–Trinajstić information content (AvgIpc) is 2.48. The fraction of sp³-hybridized carbons (Fsp3) is 0.125. The predicted octanol–water partition coefficient (Wildman–Crippen LogP) is 1.70. The minimum absolute atomic E-state index is 0.368. The zero-order valence-electron chi connectivity index (χ0n) is 6.89. The van der Waals surface area contributed by atoms with Crippen molar-refractivity contribution in [3.05, 3.63) is 23.7 Å².